The maximum Gasteiger partial charge on any atom is 0.185 e. The second-order valence-corrected chi connectivity index (χ2v) is 6.70. The zero-order chi connectivity index (χ0) is 14.4. The van der Waals surface area contributed by atoms with Crippen LogP contribution >= 0.6 is 11.3 Å². The van der Waals surface area contributed by atoms with Gasteiger partial charge in [0.15, 0.2) is 5.13 Å². The average Bonchev–Trinajstić information content (AvgIpc) is 2.90. The summed E-state index contributed by atoms with van der Waals surface area (Å²) in [6, 6.07) is 0.494. The third-order valence-electron chi connectivity index (χ3n) is 4.02. The Morgan fingerprint density at radius 2 is 2.15 bits per heavy atom. The molecule has 0 radical (unpaired) electrons. The molecule has 0 amide bonds. The number of thiazole rings is 1. The van der Waals surface area contributed by atoms with Crippen molar-refractivity contribution >= 4 is 16.5 Å². The van der Waals surface area contributed by atoms with E-state index in [-0.39, 0.29) is 0 Å². The van der Waals surface area contributed by atoms with E-state index in [0.29, 0.717) is 6.04 Å². The minimum atomic E-state index is 0.494. The van der Waals surface area contributed by atoms with Crippen LogP contribution in [-0.4, -0.2) is 24.6 Å². The molecule has 1 atom stereocenters. The predicted octanol–water partition coefficient (Wildman–Crippen LogP) is 4.15. The average molecular weight is 295 g/mol. The van der Waals surface area contributed by atoms with Crippen molar-refractivity contribution < 1.29 is 0 Å². The molecule has 0 bridgehead atoms. The van der Waals surface area contributed by atoms with Crippen molar-refractivity contribution in [2.45, 2.75) is 65.3 Å². The monoisotopic (exact) mass is 295 g/mol. The molecular formula is C16H29N3S. The molecule has 0 saturated heterocycles. The Morgan fingerprint density at radius 3 is 2.85 bits per heavy atom. The van der Waals surface area contributed by atoms with Gasteiger partial charge in [-0.05, 0) is 45.6 Å². The van der Waals surface area contributed by atoms with Crippen LogP contribution in [0.4, 0.5) is 5.13 Å². The maximum absolute atomic E-state index is 4.99. The molecule has 0 aromatic carbocycles. The number of nitrogens with zero attached hydrogens (tertiary/aromatic N) is 2. The van der Waals surface area contributed by atoms with Crippen LogP contribution < -0.4 is 10.2 Å². The van der Waals surface area contributed by atoms with Crippen molar-refractivity contribution in [2.24, 2.45) is 0 Å². The fourth-order valence-electron chi connectivity index (χ4n) is 2.80. The normalized spacial score (nSPS) is 18.1. The Bertz CT molecular complexity index is 402. The molecule has 1 aromatic heterocycles. The van der Waals surface area contributed by atoms with Gasteiger partial charge in [-0.15, -0.1) is 11.3 Å². The minimum absolute atomic E-state index is 0.494. The molecule has 1 aliphatic rings. The molecule has 1 unspecified atom stereocenters. The van der Waals surface area contributed by atoms with Gasteiger partial charge < -0.3 is 10.2 Å². The highest BCUT2D eigenvalue weighted by atomic mass is 32.1. The Labute approximate surface area is 127 Å². The fourth-order valence-corrected chi connectivity index (χ4v) is 4.05. The van der Waals surface area contributed by atoms with Gasteiger partial charge in [0.05, 0.1) is 11.7 Å². The van der Waals surface area contributed by atoms with E-state index in [1.165, 1.54) is 54.2 Å². The summed E-state index contributed by atoms with van der Waals surface area (Å²) in [6.45, 7) is 10.0. The van der Waals surface area contributed by atoms with E-state index in [2.05, 4.69) is 31.0 Å². The molecule has 20 heavy (non-hydrogen) atoms. The smallest absolute Gasteiger partial charge is 0.185 e. The van der Waals surface area contributed by atoms with Crippen molar-refractivity contribution in [3.05, 3.63) is 10.6 Å². The summed E-state index contributed by atoms with van der Waals surface area (Å²) in [6.07, 6.45) is 7.48. The van der Waals surface area contributed by atoms with Crippen molar-refractivity contribution in [2.75, 3.05) is 24.5 Å². The molecule has 1 N–H and O–H groups in total. The third-order valence-corrected chi connectivity index (χ3v) is 5.21. The summed E-state index contributed by atoms with van der Waals surface area (Å²) >= 11 is 1.93. The van der Waals surface area contributed by atoms with Gasteiger partial charge in [-0.25, -0.2) is 4.98 Å². The van der Waals surface area contributed by atoms with Crippen LogP contribution in [0.1, 0.15) is 69.5 Å². The van der Waals surface area contributed by atoms with Crippen LogP contribution in [0, 0.1) is 0 Å². The van der Waals surface area contributed by atoms with Gasteiger partial charge in [0.1, 0.15) is 0 Å². The van der Waals surface area contributed by atoms with Crippen LogP contribution in [0.3, 0.4) is 0 Å². The van der Waals surface area contributed by atoms with Gasteiger partial charge in [-0.3, -0.25) is 0 Å². The SMILES string of the molecule is CCCCN(CC)c1nc2c(s1)CCCC2NCCC. The fraction of sp³-hybridized carbons (Fsp3) is 0.812. The van der Waals surface area contributed by atoms with Crippen LogP contribution in [0.25, 0.3) is 0 Å². The molecule has 0 saturated carbocycles. The summed E-state index contributed by atoms with van der Waals surface area (Å²) in [5.74, 6) is 0. The maximum atomic E-state index is 4.99. The molecule has 0 aliphatic heterocycles. The number of aromatic nitrogens is 1. The molecule has 2 rings (SSSR count). The molecule has 1 aliphatic carbocycles. The van der Waals surface area contributed by atoms with E-state index in [4.69, 9.17) is 4.98 Å². The second-order valence-electron chi connectivity index (χ2n) is 5.64. The number of nitrogens with one attached hydrogen (secondary N) is 1. The van der Waals surface area contributed by atoms with E-state index >= 15 is 0 Å². The molecule has 3 nitrogen and oxygen atoms in total. The first-order valence-electron chi connectivity index (χ1n) is 8.28. The summed E-state index contributed by atoms with van der Waals surface area (Å²) in [7, 11) is 0. The van der Waals surface area contributed by atoms with E-state index in [1.807, 2.05) is 11.3 Å². The van der Waals surface area contributed by atoms with Crippen molar-refractivity contribution in [3.63, 3.8) is 0 Å². The van der Waals surface area contributed by atoms with Crippen LogP contribution in [-0.2, 0) is 6.42 Å². The molecule has 0 fully saturated rings. The standard InChI is InChI=1S/C16H29N3S/c1-4-7-12-19(6-3)16-18-15-13(17-11-5-2)9-8-10-14(15)20-16/h13,17H,4-12H2,1-3H3. The Hall–Kier alpha value is -0.610. The second kappa shape index (κ2) is 7.99. The lowest BCUT2D eigenvalue weighted by molar-refractivity contribution is 0.454. The third kappa shape index (κ3) is 3.73. The zero-order valence-corrected chi connectivity index (χ0v) is 14.1. The van der Waals surface area contributed by atoms with Gasteiger partial charge >= 0.3 is 0 Å². The van der Waals surface area contributed by atoms with Crippen molar-refractivity contribution in [1.29, 1.82) is 0 Å². The largest absolute Gasteiger partial charge is 0.348 e. The first-order chi connectivity index (χ1) is 9.80. The van der Waals surface area contributed by atoms with Crippen molar-refractivity contribution in [1.82, 2.24) is 10.3 Å². The van der Waals surface area contributed by atoms with Gasteiger partial charge in [0.2, 0.25) is 0 Å². The van der Waals surface area contributed by atoms with Crippen LogP contribution in [0.15, 0.2) is 0 Å². The van der Waals surface area contributed by atoms with Crippen molar-refractivity contribution in [3.8, 4) is 0 Å². The summed E-state index contributed by atoms with van der Waals surface area (Å²) < 4.78 is 0. The lowest BCUT2D eigenvalue weighted by Gasteiger charge is -2.22. The highest BCUT2D eigenvalue weighted by Crippen LogP contribution is 2.36. The summed E-state index contributed by atoms with van der Waals surface area (Å²) in [4.78, 5) is 8.96. The van der Waals surface area contributed by atoms with E-state index in [1.54, 1.807) is 0 Å². The number of rotatable bonds is 8. The molecule has 0 spiro atoms. The first-order valence-corrected chi connectivity index (χ1v) is 9.09. The van der Waals surface area contributed by atoms with Gasteiger partial charge in [-0.1, -0.05) is 20.3 Å². The number of anilines is 1. The Morgan fingerprint density at radius 1 is 1.30 bits per heavy atom. The molecular weight excluding hydrogens is 266 g/mol. The molecule has 1 aromatic rings. The van der Waals surface area contributed by atoms with Crippen LogP contribution in [0.2, 0.25) is 0 Å². The number of unbranched alkanes of at least 4 members (excludes halogenated alkanes) is 1. The number of hydrogen-bond acceptors (Lipinski definition) is 4. The van der Waals surface area contributed by atoms with E-state index in [0.717, 1.165) is 19.6 Å². The summed E-state index contributed by atoms with van der Waals surface area (Å²) in [5.41, 5.74) is 1.35. The Balaban J connectivity index is 2.11. The molecule has 1 heterocycles. The lowest BCUT2D eigenvalue weighted by Crippen LogP contribution is -2.26. The van der Waals surface area contributed by atoms with Gasteiger partial charge in [-0.2, -0.15) is 0 Å². The Kier molecular flexibility index (Phi) is 6.30. The van der Waals surface area contributed by atoms with Crippen LogP contribution in [0.5, 0.6) is 0 Å². The number of aryl methyl sites for hydroxylation is 1. The van der Waals surface area contributed by atoms with E-state index < -0.39 is 0 Å². The van der Waals surface area contributed by atoms with Gasteiger partial charge in [0.25, 0.3) is 0 Å². The quantitative estimate of drug-likeness (QED) is 0.781. The molecule has 4 heteroatoms. The first kappa shape index (κ1) is 15.8. The highest BCUT2D eigenvalue weighted by Gasteiger charge is 2.25. The van der Waals surface area contributed by atoms with E-state index in [9.17, 15) is 0 Å². The number of hydrogen-bond donors (Lipinski definition) is 1. The minimum Gasteiger partial charge on any atom is -0.348 e. The summed E-state index contributed by atoms with van der Waals surface area (Å²) in [5, 5.41) is 4.91. The zero-order valence-electron chi connectivity index (χ0n) is 13.2. The van der Waals surface area contributed by atoms with Gasteiger partial charge in [0, 0.05) is 18.0 Å². The highest BCUT2D eigenvalue weighted by molar-refractivity contribution is 7.15. The molecule has 114 valence electrons. The lowest BCUT2D eigenvalue weighted by atomic mass is 9.97. The number of fused-ring (bicyclic) bond motifs is 1. The predicted molar refractivity (Wildman–Crippen MR) is 88.9 cm³/mol. The topological polar surface area (TPSA) is 28.2 Å².